The molecule has 0 aliphatic rings. The first-order valence-corrected chi connectivity index (χ1v) is 4.44. The van der Waals surface area contributed by atoms with Crippen molar-refractivity contribution in [3.8, 4) is 0 Å². The second-order valence-corrected chi connectivity index (χ2v) is 3.47. The molecule has 0 spiro atoms. The van der Waals surface area contributed by atoms with Crippen LogP contribution in [0.25, 0.3) is 0 Å². The van der Waals surface area contributed by atoms with Gasteiger partial charge < -0.3 is 9.84 Å². The molecule has 0 saturated heterocycles. The summed E-state index contributed by atoms with van der Waals surface area (Å²) in [6.45, 7) is 6.30. The highest BCUT2D eigenvalue weighted by molar-refractivity contribution is 6.47. The summed E-state index contributed by atoms with van der Waals surface area (Å²) in [4.78, 5) is 10.2. The second-order valence-electron chi connectivity index (χ2n) is 2.06. The van der Waals surface area contributed by atoms with E-state index in [0.29, 0.717) is 6.42 Å². The Morgan fingerprint density at radius 2 is 2.08 bits per heavy atom. The molecule has 13 heavy (non-hydrogen) atoms. The highest BCUT2D eigenvalue weighted by Crippen LogP contribution is 2.25. The number of ether oxygens (including phenoxy) is 1. The molecule has 0 bridgehead atoms. The summed E-state index contributed by atoms with van der Waals surface area (Å²) in [5, 5.41) is 7.76. The van der Waals surface area contributed by atoms with Gasteiger partial charge >= 0.3 is 5.97 Å². The molecule has 0 aliphatic heterocycles. The minimum Gasteiger partial charge on any atom is -0.429 e. The molecule has 5 heteroatoms. The Bertz CT molecular complexity index is 157. The predicted octanol–water partition coefficient (Wildman–Crippen LogP) is 2.26. The van der Waals surface area contributed by atoms with E-state index < -0.39 is 10.5 Å². The molecule has 0 atom stereocenters. The largest absolute Gasteiger partial charge is 0.429 e. The second kappa shape index (κ2) is 8.35. The Labute approximate surface area is 88.3 Å². The fourth-order valence-corrected chi connectivity index (χ4v) is 0.500. The minimum atomic E-state index is -1.34. The van der Waals surface area contributed by atoms with Crippen LogP contribution >= 0.6 is 23.2 Å². The normalized spacial score (nSPS) is 9.62. The van der Waals surface area contributed by atoms with Crippen LogP contribution in [0.1, 0.15) is 20.3 Å². The van der Waals surface area contributed by atoms with Gasteiger partial charge in [0.05, 0.1) is 6.61 Å². The number of carbonyl (C=O) groups is 1. The maximum absolute atomic E-state index is 10.2. The summed E-state index contributed by atoms with van der Waals surface area (Å²) in [6, 6.07) is 0. The number of alkyl halides is 2. The van der Waals surface area contributed by atoms with Crippen LogP contribution in [0.2, 0.25) is 0 Å². The lowest BCUT2D eigenvalue weighted by atomic mass is 10.5. The number of rotatable bonds is 3. The number of carbonyl (C=O) groups excluding carboxylic acids is 1. The standard InChI is InChI=1S/C5H8Cl2O2.C3H6O/c1-3-5(6,7)9-4(2)8;1-2-3-4/h3H2,1-2H3;2,4H,1,3H2. The van der Waals surface area contributed by atoms with Crippen molar-refractivity contribution in [1.82, 2.24) is 0 Å². The first-order valence-electron chi connectivity index (χ1n) is 3.68. The molecule has 0 heterocycles. The van der Waals surface area contributed by atoms with Crippen LogP contribution in [0.15, 0.2) is 12.7 Å². The topological polar surface area (TPSA) is 46.5 Å². The van der Waals surface area contributed by atoms with Crippen LogP contribution in [0.3, 0.4) is 0 Å². The van der Waals surface area contributed by atoms with Gasteiger partial charge in [-0.05, 0) is 0 Å². The highest BCUT2D eigenvalue weighted by Gasteiger charge is 2.23. The van der Waals surface area contributed by atoms with Crippen molar-refractivity contribution < 1.29 is 14.6 Å². The number of esters is 1. The molecule has 1 N–H and O–H groups in total. The van der Waals surface area contributed by atoms with Crippen LogP contribution in [0, 0.1) is 0 Å². The third kappa shape index (κ3) is 14.6. The first kappa shape index (κ1) is 15.2. The van der Waals surface area contributed by atoms with Gasteiger partial charge in [-0.3, -0.25) is 4.79 Å². The highest BCUT2D eigenvalue weighted by atomic mass is 35.5. The van der Waals surface area contributed by atoms with E-state index in [-0.39, 0.29) is 6.61 Å². The summed E-state index contributed by atoms with van der Waals surface area (Å²) in [5.74, 6) is -0.471. The smallest absolute Gasteiger partial charge is 0.305 e. The predicted molar refractivity (Wildman–Crippen MR) is 53.8 cm³/mol. The number of hydrogen-bond donors (Lipinski definition) is 1. The van der Waals surface area contributed by atoms with Gasteiger partial charge in [0.15, 0.2) is 0 Å². The third-order valence-corrected chi connectivity index (χ3v) is 1.52. The fourth-order valence-electron chi connectivity index (χ4n) is 0.282. The Hall–Kier alpha value is -0.250. The van der Waals surface area contributed by atoms with Crippen molar-refractivity contribution in [3.63, 3.8) is 0 Å². The van der Waals surface area contributed by atoms with Crippen LogP contribution in [-0.2, 0) is 9.53 Å². The van der Waals surface area contributed by atoms with Crippen molar-refractivity contribution in [2.24, 2.45) is 0 Å². The van der Waals surface area contributed by atoms with Gasteiger partial charge in [0, 0.05) is 13.3 Å². The first-order chi connectivity index (χ1) is 5.89. The summed E-state index contributed by atoms with van der Waals surface area (Å²) in [5.41, 5.74) is 0. The van der Waals surface area contributed by atoms with E-state index in [9.17, 15) is 4.79 Å². The summed E-state index contributed by atoms with van der Waals surface area (Å²) < 4.78 is 3.14. The van der Waals surface area contributed by atoms with Gasteiger partial charge in [0.1, 0.15) is 0 Å². The molecular weight excluding hydrogens is 215 g/mol. The van der Waals surface area contributed by atoms with Gasteiger partial charge in [0.2, 0.25) is 0 Å². The van der Waals surface area contributed by atoms with Gasteiger partial charge in [-0.25, -0.2) is 0 Å². The summed E-state index contributed by atoms with van der Waals surface area (Å²) in [6.07, 6.45) is 1.82. The zero-order valence-electron chi connectivity index (χ0n) is 7.72. The van der Waals surface area contributed by atoms with Crippen molar-refractivity contribution in [2.45, 2.75) is 24.8 Å². The average Bonchev–Trinajstić information content (AvgIpc) is 2.03. The average molecular weight is 229 g/mol. The zero-order valence-corrected chi connectivity index (χ0v) is 9.23. The van der Waals surface area contributed by atoms with E-state index in [0.717, 1.165) is 0 Å². The van der Waals surface area contributed by atoms with E-state index in [4.69, 9.17) is 28.3 Å². The lowest BCUT2D eigenvalue weighted by Crippen LogP contribution is -2.19. The van der Waals surface area contributed by atoms with Crippen LogP contribution in [-0.4, -0.2) is 22.2 Å². The van der Waals surface area contributed by atoms with E-state index in [2.05, 4.69) is 11.3 Å². The molecule has 3 nitrogen and oxygen atoms in total. The molecule has 78 valence electrons. The van der Waals surface area contributed by atoms with Gasteiger partial charge in [0.25, 0.3) is 4.52 Å². The molecule has 0 amide bonds. The maximum atomic E-state index is 10.2. The Morgan fingerprint density at radius 3 is 2.15 bits per heavy atom. The van der Waals surface area contributed by atoms with Gasteiger partial charge in [-0.1, -0.05) is 36.2 Å². The summed E-state index contributed by atoms with van der Waals surface area (Å²) >= 11 is 10.9. The molecule has 0 aromatic heterocycles. The van der Waals surface area contributed by atoms with Crippen molar-refractivity contribution in [3.05, 3.63) is 12.7 Å². The minimum absolute atomic E-state index is 0.0833. The van der Waals surface area contributed by atoms with Gasteiger partial charge in [-0.15, -0.1) is 6.58 Å². The quantitative estimate of drug-likeness (QED) is 0.458. The monoisotopic (exact) mass is 228 g/mol. The molecule has 0 saturated carbocycles. The molecule has 0 aliphatic carbocycles. The van der Waals surface area contributed by atoms with E-state index in [1.807, 2.05) is 0 Å². The molecule has 0 aromatic rings. The molecule has 0 radical (unpaired) electrons. The van der Waals surface area contributed by atoms with Gasteiger partial charge in [-0.2, -0.15) is 0 Å². The Kier molecular flexibility index (Phi) is 9.79. The zero-order chi connectivity index (χ0) is 10.9. The van der Waals surface area contributed by atoms with Crippen molar-refractivity contribution in [2.75, 3.05) is 6.61 Å². The number of aliphatic hydroxyl groups is 1. The van der Waals surface area contributed by atoms with Crippen LogP contribution in [0.5, 0.6) is 0 Å². The molecule has 0 fully saturated rings. The molecule has 0 unspecified atom stereocenters. The van der Waals surface area contributed by atoms with Crippen molar-refractivity contribution >= 4 is 29.2 Å². The maximum Gasteiger partial charge on any atom is 0.305 e. The molecule has 0 aromatic carbocycles. The third-order valence-electron chi connectivity index (χ3n) is 0.834. The lowest BCUT2D eigenvalue weighted by Gasteiger charge is -2.15. The van der Waals surface area contributed by atoms with E-state index in [1.165, 1.54) is 13.0 Å². The van der Waals surface area contributed by atoms with Crippen LogP contribution < -0.4 is 0 Å². The molecular formula is C8H14Cl2O3. The summed E-state index contributed by atoms with van der Waals surface area (Å²) in [7, 11) is 0. The SMILES string of the molecule is C=CCO.CCC(Cl)(Cl)OC(C)=O. The fraction of sp³-hybridized carbons (Fsp3) is 0.625. The number of halogens is 2. The van der Waals surface area contributed by atoms with E-state index >= 15 is 0 Å². The number of aliphatic hydroxyl groups excluding tert-OH is 1. The molecule has 0 rings (SSSR count). The lowest BCUT2D eigenvalue weighted by molar-refractivity contribution is -0.144. The number of hydrogen-bond acceptors (Lipinski definition) is 3. The van der Waals surface area contributed by atoms with E-state index in [1.54, 1.807) is 6.92 Å². The Balaban J connectivity index is 0. The van der Waals surface area contributed by atoms with Crippen LogP contribution in [0.4, 0.5) is 0 Å². The Morgan fingerprint density at radius 1 is 1.69 bits per heavy atom. The van der Waals surface area contributed by atoms with Crippen molar-refractivity contribution in [1.29, 1.82) is 0 Å².